The summed E-state index contributed by atoms with van der Waals surface area (Å²) >= 11 is 0. The highest BCUT2D eigenvalue weighted by molar-refractivity contribution is 6.21. The summed E-state index contributed by atoms with van der Waals surface area (Å²) in [5.41, 5.74) is 1.08. The smallest absolute Gasteiger partial charge is 0.289 e. The lowest BCUT2D eigenvalue weighted by Crippen LogP contribution is -2.06. The number of carbonyl (C=O) groups excluding carboxylic acids is 1. The number of benzene rings is 2. The average Bonchev–Trinajstić information content (AvgIpc) is 2.63. The Hall–Kier alpha value is -2.10. The van der Waals surface area contributed by atoms with Gasteiger partial charge in [-0.15, -0.1) is 0 Å². The molecule has 0 aromatic heterocycles. The Labute approximate surface area is 101 Å². The molecule has 0 spiro atoms. The minimum Gasteiger partial charge on any atom is -0.289 e. The Morgan fingerprint density at radius 1 is 0.778 bits per heavy atom. The third-order valence-electron chi connectivity index (χ3n) is 3.05. The Morgan fingerprint density at radius 2 is 1.39 bits per heavy atom. The number of carbonyl (C=O) groups is 1. The molecule has 0 aliphatic heterocycles. The fourth-order valence-electron chi connectivity index (χ4n) is 2.20. The van der Waals surface area contributed by atoms with E-state index in [1.54, 1.807) is 24.3 Å². The van der Waals surface area contributed by atoms with Gasteiger partial charge in [0.15, 0.2) is 5.78 Å². The van der Waals surface area contributed by atoms with E-state index in [0.717, 1.165) is 12.1 Å². The van der Waals surface area contributed by atoms with Gasteiger partial charge in [0.1, 0.15) is 0 Å². The molecule has 0 saturated carbocycles. The Balaban J connectivity index is 2.23. The molecule has 0 N–H and O–H groups in total. The fraction of sp³-hybridized carbons (Fsp3) is 0.0714. The zero-order chi connectivity index (χ0) is 12.9. The third kappa shape index (κ3) is 1.45. The van der Waals surface area contributed by atoms with Gasteiger partial charge in [-0.25, -0.2) is 0 Å². The Kier molecular flexibility index (Phi) is 2.11. The van der Waals surface area contributed by atoms with Crippen LogP contribution in [0.4, 0.5) is 13.2 Å². The molecule has 2 aromatic carbocycles. The van der Waals surface area contributed by atoms with E-state index in [-0.39, 0.29) is 11.3 Å². The molecule has 0 atom stereocenters. The van der Waals surface area contributed by atoms with Gasteiger partial charge in [0, 0.05) is 11.1 Å². The first-order chi connectivity index (χ1) is 8.48. The maximum Gasteiger partial charge on any atom is 0.416 e. The van der Waals surface area contributed by atoms with E-state index in [9.17, 15) is 18.0 Å². The standard InChI is InChI=1S/C14H7F3O/c15-14(16,17)8-5-6-10-9-3-1-2-4-11(9)13(18)12(10)7-8/h1-7H. The minimum atomic E-state index is -4.43. The SMILES string of the molecule is O=C1c2ccccc2-c2ccc(C(F)(F)F)cc21. The molecule has 4 heteroatoms. The third-order valence-corrected chi connectivity index (χ3v) is 3.05. The van der Waals surface area contributed by atoms with Crippen LogP contribution in [0.25, 0.3) is 11.1 Å². The van der Waals surface area contributed by atoms with Crippen molar-refractivity contribution in [3.8, 4) is 11.1 Å². The van der Waals surface area contributed by atoms with E-state index < -0.39 is 11.7 Å². The molecule has 3 rings (SSSR count). The van der Waals surface area contributed by atoms with Crippen LogP contribution >= 0.6 is 0 Å². The number of halogens is 3. The maximum atomic E-state index is 12.6. The minimum absolute atomic E-state index is 0.131. The molecule has 0 heterocycles. The van der Waals surface area contributed by atoms with Gasteiger partial charge in [-0.3, -0.25) is 4.79 Å². The summed E-state index contributed by atoms with van der Waals surface area (Å²) in [7, 11) is 0. The summed E-state index contributed by atoms with van der Waals surface area (Å²) in [5.74, 6) is -0.341. The summed E-state index contributed by atoms with van der Waals surface area (Å²) < 4.78 is 37.8. The first-order valence-corrected chi connectivity index (χ1v) is 5.34. The molecule has 90 valence electrons. The van der Waals surface area contributed by atoms with E-state index in [4.69, 9.17) is 0 Å². The molecule has 1 aliphatic rings. The van der Waals surface area contributed by atoms with E-state index in [1.165, 1.54) is 6.07 Å². The molecule has 2 aromatic rings. The van der Waals surface area contributed by atoms with Crippen LogP contribution in [0.2, 0.25) is 0 Å². The average molecular weight is 248 g/mol. The van der Waals surface area contributed by atoms with Gasteiger partial charge in [-0.2, -0.15) is 13.2 Å². The van der Waals surface area contributed by atoms with Crippen LogP contribution in [-0.4, -0.2) is 5.78 Å². The molecule has 0 saturated heterocycles. The Bertz CT molecular complexity index is 656. The topological polar surface area (TPSA) is 17.1 Å². The summed E-state index contributed by atoms with van der Waals surface area (Å²) in [6, 6.07) is 10.1. The molecule has 1 aliphatic carbocycles. The second kappa shape index (κ2) is 3.45. The van der Waals surface area contributed by atoms with Crippen molar-refractivity contribution < 1.29 is 18.0 Å². The number of alkyl halides is 3. The van der Waals surface area contributed by atoms with Crippen LogP contribution < -0.4 is 0 Å². The number of hydrogen-bond acceptors (Lipinski definition) is 1. The summed E-state index contributed by atoms with van der Waals surface area (Å²) in [5, 5.41) is 0. The lowest BCUT2D eigenvalue weighted by molar-refractivity contribution is -0.137. The highest BCUT2D eigenvalue weighted by atomic mass is 19.4. The number of hydrogen-bond donors (Lipinski definition) is 0. The molecule has 0 radical (unpaired) electrons. The van der Waals surface area contributed by atoms with E-state index in [2.05, 4.69) is 0 Å². The van der Waals surface area contributed by atoms with Crippen molar-refractivity contribution in [1.29, 1.82) is 0 Å². The van der Waals surface area contributed by atoms with Gasteiger partial charge in [0.05, 0.1) is 5.56 Å². The van der Waals surface area contributed by atoms with Gasteiger partial charge >= 0.3 is 6.18 Å². The zero-order valence-electron chi connectivity index (χ0n) is 9.08. The first kappa shape index (κ1) is 11.0. The van der Waals surface area contributed by atoms with Gasteiger partial charge < -0.3 is 0 Å². The molecule has 1 nitrogen and oxygen atoms in total. The van der Waals surface area contributed by atoms with Crippen molar-refractivity contribution in [2.45, 2.75) is 6.18 Å². The monoisotopic (exact) mass is 248 g/mol. The van der Waals surface area contributed by atoms with Gasteiger partial charge in [0.2, 0.25) is 0 Å². The van der Waals surface area contributed by atoms with E-state index >= 15 is 0 Å². The van der Waals surface area contributed by atoms with Crippen molar-refractivity contribution in [3.05, 3.63) is 59.2 Å². The number of rotatable bonds is 0. The highest BCUT2D eigenvalue weighted by Gasteiger charge is 2.34. The van der Waals surface area contributed by atoms with Crippen LogP contribution in [0.15, 0.2) is 42.5 Å². The molecular formula is C14H7F3O. The molecule has 0 bridgehead atoms. The summed E-state index contributed by atoms with van der Waals surface area (Å²) in [4.78, 5) is 12.0. The summed E-state index contributed by atoms with van der Waals surface area (Å²) in [6.07, 6.45) is -4.43. The first-order valence-electron chi connectivity index (χ1n) is 5.34. The molecular weight excluding hydrogens is 241 g/mol. The van der Waals surface area contributed by atoms with E-state index in [0.29, 0.717) is 16.7 Å². The van der Waals surface area contributed by atoms with Crippen LogP contribution in [-0.2, 0) is 6.18 Å². The number of fused-ring (bicyclic) bond motifs is 3. The Morgan fingerprint density at radius 3 is 2.06 bits per heavy atom. The molecule has 0 amide bonds. The van der Waals surface area contributed by atoms with Crippen LogP contribution in [0, 0.1) is 0 Å². The predicted molar refractivity (Wildman–Crippen MR) is 60.3 cm³/mol. The predicted octanol–water partition coefficient (Wildman–Crippen LogP) is 3.92. The van der Waals surface area contributed by atoms with Crippen LogP contribution in [0.5, 0.6) is 0 Å². The van der Waals surface area contributed by atoms with Crippen molar-refractivity contribution in [2.24, 2.45) is 0 Å². The van der Waals surface area contributed by atoms with Crippen LogP contribution in [0.3, 0.4) is 0 Å². The van der Waals surface area contributed by atoms with Crippen molar-refractivity contribution in [3.63, 3.8) is 0 Å². The van der Waals surface area contributed by atoms with Crippen molar-refractivity contribution in [2.75, 3.05) is 0 Å². The number of ketones is 1. The van der Waals surface area contributed by atoms with Crippen molar-refractivity contribution >= 4 is 5.78 Å². The fourth-order valence-corrected chi connectivity index (χ4v) is 2.20. The summed E-state index contributed by atoms with van der Waals surface area (Å²) in [6.45, 7) is 0. The normalized spacial score (nSPS) is 13.4. The van der Waals surface area contributed by atoms with Crippen LogP contribution in [0.1, 0.15) is 21.5 Å². The quantitative estimate of drug-likeness (QED) is 0.589. The maximum absolute atomic E-state index is 12.6. The van der Waals surface area contributed by atoms with Crippen molar-refractivity contribution in [1.82, 2.24) is 0 Å². The van der Waals surface area contributed by atoms with Gasteiger partial charge in [0.25, 0.3) is 0 Å². The van der Waals surface area contributed by atoms with Gasteiger partial charge in [-0.05, 0) is 23.3 Å². The lowest BCUT2D eigenvalue weighted by atomic mass is 10.0. The molecule has 18 heavy (non-hydrogen) atoms. The second-order valence-corrected chi connectivity index (χ2v) is 4.13. The van der Waals surface area contributed by atoms with Gasteiger partial charge in [-0.1, -0.05) is 30.3 Å². The largest absolute Gasteiger partial charge is 0.416 e. The molecule has 0 fully saturated rings. The lowest BCUT2D eigenvalue weighted by Gasteiger charge is -2.08. The second-order valence-electron chi connectivity index (χ2n) is 4.13. The van der Waals surface area contributed by atoms with E-state index in [1.807, 2.05) is 0 Å². The molecule has 0 unspecified atom stereocenters. The zero-order valence-corrected chi connectivity index (χ0v) is 9.08. The highest BCUT2D eigenvalue weighted by Crippen LogP contribution is 2.39.